The number of nitrogens with one attached hydrogen (secondary N) is 2. The molecule has 4 nitrogen and oxygen atoms in total. The van der Waals surface area contributed by atoms with Crippen molar-refractivity contribution in [3.05, 3.63) is 0 Å². The summed E-state index contributed by atoms with van der Waals surface area (Å²) < 4.78 is 5.60. The number of hydrogen-bond acceptors (Lipinski definition) is 3. The summed E-state index contributed by atoms with van der Waals surface area (Å²) in [6.07, 6.45) is 3.44. The SMILES string of the molecule is CCC(C)NC(=O)C(C)NC(C)C1CCCO1. The molecule has 1 aliphatic rings. The first-order chi connectivity index (χ1) is 8.04. The predicted molar refractivity (Wildman–Crippen MR) is 68.9 cm³/mol. The van der Waals surface area contributed by atoms with Gasteiger partial charge in [-0.25, -0.2) is 0 Å². The standard InChI is InChI=1S/C13H26N2O2/c1-5-9(2)14-13(16)11(4)15-10(3)12-7-6-8-17-12/h9-12,15H,5-8H2,1-4H3,(H,14,16). The van der Waals surface area contributed by atoms with E-state index in [0.717, 1.165) is 25.9 Å². The van der Waals surface area contributed by atoms with Gasteiger partial charge in [-0.05, 0) is 40.0 Å². The number of amides is 1. The molecule has 1 heterocycles. The van der Waals surface area contributed by atoms with Crippen molar-refractivity contribution in [2.24, 2.45) is 0 Å². The monoisotopic (exact) mass is 242 g/mol. The summed E-state index contributed by atoms with van der Waals surface area (Å²) >= 11 is 0. The Morgan fingerprint density at radius 3 is 2.65 bits per heavy atom. The van der Waals surface area contributed by atoms with Gasteiger partial charge in [0.2, 0.25) is 5.91 Å². The lowest BCUT2D eigenvalue weighted by Crippen LogP contribution is -2.50. The maximum atomic E-state index is 11.8. The van der Waals surface area contributed by atoms with E-state index in [0.29, 0.717) is 0 Å². The minimum Gasteiger partial charge on any atom is -0.377 e. The van der Waals surface area contributed by atoms with Gasteiger partial charge in [0.25, 0.3) is 0 Å². The van der Waals surface area contributed by atoms with Gasteiger partial charge in [0.1, 0.15) is 0 Å². The lowest BCUT2D eigenvalue weighted by molar-refractivity contribution is -0.123. The van der Waals surface area contributed by atoms with Crippen LogP contribution >= 0.6 is 0 Å². The first-order valence-corrected chi connectivity index (χ1v) is 6.72. The van der Waals surface area contributed by atoms with E-state index in [1.54, 1.807) is 0 Å². The predicted octanol–water partition coefficient (Wildman–Crippen LogP) is 1.45. The summed E-state index contributed by atoms with van der Waals surface area (Å²) in [5, 5.41) is 6.30. The third-order valence-corrected chi connectivity index (χ3v) is 3.43. The minimum absolute atomic E-state index is 0.0733. The highest BCUT2D eigenvalue weighted by Gasteiger charge is 2.25. The fourth-order valence-electron chi connectivity index (χ4n) is 2.04. The zero-order valence-electron chi connectivity index (χ0n) is 11.5. The van der Waals surface area contributed by atoms with E-state index in [1.807, 2.05) is 13.8 Å². The van der Waals surface area contributed by atoms with Gasteiger partial charge in [0.15, 0.2) is 0 Å². The Kier molecular flexibility index (Phi) is 5.92. The van der Waals surface area contributed by atoms with Gasteiger partial charge < -0.3 is 15.4 Å². The van der Waals surface area contributed by atoms with Crippen molar-refractivity contribution < 1.29 is 9.53 Å². The van der Waals surface area contributed by atoms with Crippen LogP contribution in [-0.4, -0.2) is 36.7 Å². The van der Waals surface area contributed by atoms with Gasteiger partial charge in [-0.3, -0.25) is 4.79 Å². The molecule has 4 heteroatoms. The molecule has 0 bridgehead atoms. The lowest BCUT2D eigenvalue weighted by Gasteiger charge is -2.24. The van der Waals surface area contributed by atoms with Crippen LogP contribution in [0.4, 0.5) is 0 Å². The van der Waals surface area contributed by atoms with Gasteiger partial charge >= 0.3 is 0 Å². The molecule has 1 rings (SSSR count). The summed E-state index contributed by atoms with van der Waals surface area (Å²) in [6, 6.07) is 0.308. The van der Waals surface area contributed by atoms with E-state index in [4.69, 9.17) is 4.74 Å². The van der Waals surface area contributed by atoms with Crippen LogP contribution in [0.25, 0.3) is 0 Å². The van der Waals surface area contributed by atoms with Crippen LogP contribution < -0.4 is 10.6 Å². The molecule has 0 aromatic rings. The second-order valence-corrected chi connectivity index (χ2v) is 5.05. The molecule has 0 spiro atoms. The van der Waals surface area contributed by atoms with E-state index < -0.39 is 0 Å². The van der Waals surface area contributed by atoms with Crippen LogP contribution in [-0.2, 0) is 9.53 Å². The first kappa shape index (κ1) is 14.5. The number of hydrogen-bond donors (Lipinski definition) is 2. The maximum absolute atomic E-state index is 11.8. The molecule has 4 atom stereocenters. The van der Waals surface area contributed by atoms with E-state index in [9.17, 15) is 4.79 Å². The second kappa shape index (κ2) is 6.97. The number of carbonyl (C=O) groups excluding carboxylic acids is 1. The largest absolute Gasteiger partial charge is 0.377 e. The van der Waals surface area contributed by atoms with Crippen molar-refractivity contribution in [3.63, 3.8) is 0 Å². The van der Waals surface area contributed by atoms with Gasteiger partial charge in [-0.15, -0.1) is 0 Å². The number of rotatable bonds is 6. The van der Waals surface area contributed by atoms with E-state index in [1.165, 1.54) is 0 Å². The molecule has 0 aliphatic carbocycles. The summed E-state index contributed by atoms with van der Waals surface area (Å²) in [5.41, 5.74) is 0. The van der Waals surface area contributed by atoms with Crippen molar-refractivity contribution in [1.29, 1.82) is 0 Å². The number of carbonyl (C=O) groups is 1. The molecule has 0 aromatic carbocycles. The molecule has 0 aromatic heterocycles. The molecule has 0 radical (unpaired) electrons. The molecule has 2 N–H and O–H groups in total. The molecule has 0 saturated carbocycles. The molecule has 1 amide bonds. The van der Waals surface area contributed by atoms with Crippen LogP contribution in [0.15, 0.2) is 0 Å². The van der Waals surface area contributed by atoms with E-state index >= 15 is 0 Å². The minimum atomic E-state index is -0.164. The molecule has 1 fully saturated rings. The zero-order valence-corrected chi connectivity index (χ0v) is 11.5. The zero-order chi connectivity index (χ0) is 12.8. The maximum Gasteiger partial charge on any atom is 0.237 e. The summed E-state index contributed by atoms with van der Waals surface area (Å²) in [7, 11) is 0. The normalized spacial score (nSPS) is 25.3. The van der Waals surface area contributed by atoms with E-state index in [-0.39, 0.29) is 30.1 Å². The fourth-order valence-corrected chi connectivity index (χ4v) is 2.04. The Hall–Kier alpha value is -0.610. The molecule has 1 aliphatic heterocycles. The highest BCUT2D eigenvalue weighted by atomic mass is 16.5. The average molecular weight is 242 g/mol. The van der Waals surface area contributed by atoms with Gasteiger partial charge in [0, 0.05) is 18.7 Å². The van der Waals surface area contributed by atoms with Crippen molar-refractivity contribution in [1.82, 2.24) is 10.6 Å². The number of ether oxygens (including phenoxy) is 1. The first-order valence-electron chi connectivity index (χ1n) is 6.72. The topological polar surface area (TPSA) is 50.4 Å². The second-order valence-electron chi connectivity index (χ2n) is 5.05. The quantitative estimate of drug-likeness (QED) is 0.741. The van der Waals surface area contributed by atoms with E-state index in [2.05, 4.69) is 24.5 Å². The lowest BCUT2D eigenvalue weighted by atomic mass is 10.1. The Bertz CT molecular complexity index is 240. The third-order valence-electron chi connectivity index (χ3n) is 3.43. The highest BCUT2D eigenvalue weighted by molar-refractivity contribution is 5.81. The van der Waals surface area contributed by atoms with Crippen LogP contribution in [0, 0.1) is 0 Å². The highest BCUT2D eigenvalue weighted by Crippen LogP contribution is 2.15. The van der Waals surface area contributed by atoms with Crippen LogP contribution in [0.2, 0.25) is 0 Å². The summed E-state index contributed by atoms with van der Waals surface area (Å²) in [5.74, 6) is 0.0733. The fraction of sp³-hybridized carbons (Fsp3) is 0.923. The van der Waals surface area contributed by atoms with Crippen LogP contribution in [0.3, 0.4) is 0 Å². The molecule has 100 valence electrons. The Balaban J connectivity index is 2.31. The van der Waals surface area contributed by atoms with Crippen LogP contribution in [0.5, 0.6) is 0 Å². The average Bonchev–Trinajstić information content (AvgIpc) is 2.82. The molecule has 17 heavy (non-hydrogen) atoms. The molecular formula is C13H26N2O2. The van der Waals surface area contributed by atoms with Gasteiger partial charge in [0.05, 0.1) is 12.1 Å². The summed E-state index contributed by atoms with van der Waals surface area (Å²) in [6.45, 7) is 8.93. The van der Waals surface area contributed by atoms with Crippen molar-refractivity contribution >= 4 is 5.91 Å². The van der Waals surface area contributed by atoms with Gasteiger partial charge in [-0.2, -0.15) is 0 Å². The van der Waals surface area contributed by atoms with Crippen molar-refractivity contribution in [3.8, 4) is 0 Å². The van der Waals surface area contributed by atoms with Gasteiger partial charge in [-0.1, -0.05) is 6.92 Å². The van der Waals surface area contributed by atoms with Crippen molar-refractivity contribution in [2.75, 3.05) is 6.61 Å². The molecule has 1 saturated heterocycles. The molecule has 4 unspecified atom stereocenters. The van der Waals surface area contributed by atoms with Crippen molar-refractivity contribution in [2.45, 2.75) is 71.2 Å². The molecular weight excluding hydrogens is 216 g/mol. The Morgan fingerprint density at radius 2 is 2.12 bits per heavy atom. The smallest absolute Gasteiger partial charge is 0.237 e. The Morgan fingerprint density at radius 1 is 1.41 bits per heavy atom. The third kappa shape index (κ3) is 4.64. The Labute approximate surface area is 104 Å². The van der Waals surface area contributed by atoms with Crippen LogP contribution in [0.1, 0.15) is 47.0 Å². The summed E-state index contributed by atoms with van der Waals surface area (Å²) in [4.78, 5) is 11.8.